The average molecular weight is 222 g/mol. The van der Waals surface area contributed by atoms with E-state index in [9.17, 15) is 4.39 Å². The summed E-state index contributed by atoms with van der Waals surface area (Å²) in [5.74, 6) is -0.139. The van der Waals surface area contributed by atoms with E-state index in [1.165, 1.54) is 18.9 Å². The van der Waals surface area contributed by atoms with Crippen LogP contribution in [0.1, 0.15) is 19.3 Å². The van der Waals surface area contributed by atoms with Crippen LogP contribution in [-0.4, -0.2) is 26.2 Å². The Labute approximate surface area is 96.5 Å². The van der Waals surface area contributed by atoms with E-state index in [1.54, 1.807) is 6.07 Å². The minimum absolute atomic E-state index is 0.139. The lowest BCUT2D eigenvalue weighted by molar-refractivity contribution is 0.611. The Morgan fingerprint density at radius 2 is 2.12 bits per heavy atom. The van der Waals surface area contributed by atoms with Crippen LogP contribution in [0, 0.1) is 5.82 Å². The molecule has 0 aliphatic heterocycles. The summed E-state index contributed by atoms with van der Waals surface area (Å²) in [4.78, 5) is 1.98. The standard InChI is InChI=1S/C13H19FN2/c1-16(10-4-9-15-11-7-8-11)13-6-3-2-5-12(13)14/h2-3,5-6,11,15H,4,7-10H2,1H3. The van der Waals surface area contributed by atoms with Gasteiger partial charge in [0.2, 0.25) is 0 Å². The highest BCUT2D eigenvalue weighted by Crippen LogP contribution is 2.19. The average Bonchev–Trinajstić information content (AvgIpc) is 3.08. The summed E-state index contributed by atoms with van der Waals surface area (Å²) in [5, 5.41) is 3.46. The van der Waals surface area contributed by atoms with Crippen molar-refractivity contribution in [1.29, 1.82) is 0 Å². The van der Waals surface area contributed by atoms with Crippen molar-refractivity contribution in [1.82, 2.24) is 5.32 Å². The monoisotopic (exact) mass is 222 g/mol. The molecule has 2 nitrogen and oxygen atoms in total. The van der Waals surface area contributed by atoms with E-state index in [0.29, 0.717) is 5.69 Å². The van der Waals surface area contributed by atoms with Crippen molar-refractivity contribution in [2.45, 2.75) is 25.3 Å². The maximum absolute atomic E-state index is 13.4. The van der Waals surface area contributed by atoms with Crippen LogP contribution in [0.15, 0.2) is 24.3 Å². The molecular formula is C13H19FN2. The quantitative estimate of drug-likeness (QED) is 0.744. The fourth-order valence-corrected chi connectivity index (χ4v) is 1.79. The molecule has 16 heavy (non-hydrogen) atoms. The van der Waals surface area contributed by atoms with E-state index in [-0.39, 0.29) is 5.82 Å². The molecule has 0 spiro atoms. The van der Waals surface area contributed by atoms with Gasteiger partial charge in [0.25, 0.3) is 0 Å². The van der Waals surface area contributed by atoms with E-state index < -0.39 is 0 Å². The zero-order valence-electron chi connectivity index (χ0n) is 9.75. The SMILES string of the molecule is CN(CCCNC1CC1)c1ccccc1F. The van der Waals surface area contributed by atoms with Crippen molar-refractivity contribution in [3.05, 3.63) is 30.1 Å². The van der Waals surface area contributed by atoms with Gasteiger partial charge in [-0.25, -0.2) is 4.39 Å². The number of rotatable bonds is 6. The molecule has 1 aromatic rings. The Morgan fingerprint density at radius 3 is 2.81 bits per heavy atom. The third-order valence-electron chi connectivity index (χ3n) is 2.94. The van der Waals surface area contributed by atoms with Crippen LogP contribution in [-0.2, 0) is 0 Å². The number of para-hydroxylation sites is 1. The Hall–Kier alpha value is -1.09. The molecule has 0 unspecified atom stereocenters. The zero-order chi connectivity index (χ0) is 11.4. The first-order valence-electron chi connectivity index (χ1n) is 5.96. The summed E-state index contributed by atoms with van der Waals surface area (Å²) in [7, 11) is 1.94. The van der Waals surface area contributed by atoms with Crippen molar-refractivity contribution in [3.63, 3.8) is 0 Å². The maximum atomic E-state index is 13.4. The first-order valence-corrected chi connectivity index (χ1v) is 5.96. The molecule has 0 amide bonds. The predicted octanol–water partition coefficient (Wildman–Crippen LogP) is 2.40. The van der Waals surface area contributed by atoms with Crippen molar-refractivity contribution in [2.24, 2.45) is 0 Å². The third kappa shape index (κ3) is 3.20. The number of nitrogens with zero attached hydrogens (tertiary/aromatic N) is 1. The molecule has 0 saturated heterocycles. The molecule has 1 aliphatic carbocycles. The highest BCUT2D eigenvalue weighted by Gasteiger charge is 2.19. The van der Waals surface area contributed by atoms with Crippen molar-refractivity contribution < 1.29 is 4.39 Å². The molecule has 1 saturated carbocycles. The van der Waals surface area contributed by atoms with Crippen LogP contribution in [0.4, 0.5) is 10.1 Å². The first-order chi connectivity index (χ1) is 7.77. The van der Waals surface area contributed by atoms with Gasteiger partial charge in [-0.3, -0.25) is 0 Å². The van der Waals surface area contributed by atoms with Crippen LogP contribution in [0.3, 0.4) is 0 Å². The Balaban J connectivity index is 1.73. The van der Waals surface area contributed by atoms with E-state index in [0.717, 1.165) is 25.6 Å². The maximum Gasteiger partial charge on any atom is 0.146 e. The highest BCUT2D eigenvalue weighted by atomic mass is 19.1. The van der Waals surface area contributed by atoms with E-state index in [1.807, 2.05) is 24.1 Å². The van der Waals surface area contributed by atoms with Gasteiger partial charge in [-0.05, 0) is 37.9 Å². The summed E-state index contributed by atoms with van der Waals surface area (Å²) in [6.45, 7) is 1.92. The molecule has 0 aromatic heterocycles. The molecule has 0 heterocycles. The Bertz CT molecular complexity index is 336. The van der Waals surface area contributed by atoms with E-state index in [4.69, 9.17) is 0 Å². The minimum Gasteiger partial charge on any atom is -0.372 e. The van der Waals surface area contributed by atoms with Gasteiger partial charge in [0.15, 0.2) is 0 Å². The lowest BCUT2D eigenvalue weighted by atomic mass is 10.2. The summed E-state index contributed by atoms with van der Waals surface area (Å²) in [5.41, 5.74) is 0.689. The molecule has 1 N–H and O–H groups in total. The second-order valence-electron chi connectivity index (χ2n) is 4.45. The third-order valence-corrected chi connectivity index (χ3v) is 2.94. The van der Waals surface area contributed by atoms with E-state index in [2.05, 4.69) is 5.32 Å². The molecule has 1 aliphatic rings. The highest BCUT2D eigenvalue weighted by molar-refractivity contribution is 5.46. The van der Waals surface area contributed by atoms with Crippen molar-refractivity contribution >= 4 is 5.69 Å². The topological polar surface area (TPSA) is 15.3 Å². The van der Waals surface area contributed by atoms with Gasteiger partial charge in [-0.15, -0.1) is 0 Å². The van der Waals surface area contributed by atoms with Gasteiger partial charge >= 0.3 is 0 Å². The second kappa shape index (κ2) is 5.30. The second-order valence-corrected chi connectivity index (χ2v) is 4.45. The smallest absolute Gasteiger partial charge is 0.146 e. The molecule has 3 heteroatoms. The van der Waals surface area contributed by atoms with Crippen LogP contribution >= 0.6 is 0 Å². The fraction of sp³-hybridized carbons (Fsp3) is 0.538. The lowest BCUT2D eigenvalue weighted by Gasteiger charge is -2.19. The molecular weight excluding hydrogens is 203 g/mol. The largest absolute Gasteiger partial charge is 0.372 e. The van der Waals surface area contributed by atoms with Gasteiger partial charge in [0.05, 0.1) is 5.69 Å². The molecule has 2 rings (SSSR count). The van der Waals surface area contributed by atoms with Crippen molar-refractivity contribution in [3.8, 4) is 0 Å². The van der Waals surface area contributed by atoms with Crippen LogP contribution in [0.5, 0.6) is 0 Å². The molecule has 88 valence electrons. The molecule has 0 bridgehead atoms. The van der Waals surface area contributed by atoms with Crippen LogP contribution < -0.4 is 10.2 Å². The molecule has 1 fully saturated rings. The van der Waals surface area contributed by atoms with Crippen LogP contribution in [0.2, 0.25) is 0 Å². The predicted molar refractivity (Wildman–Crippen MR) is 65.3 cm³/mol. The molecule has 0 atom stereocenters. The van der Waals surface area contributed by atoms with Crippen molar-refractivity contribution in [2.75, 3.05) is 25.0 Å². The van der Waals surface area contributed by atoms with E-state index >= 15 is 0 Å². The minimum atomic E-state index is -0.139. The number of benzene rings is 1. The van der Waals surface area contributed by atoms with Gasteiger partial charge in [-0.1, -0.05) is 12.1 Å². The summed E-state index contributed by atoms with van der Waals surface area (Å²) in [6.07, 6.45) is 3.70. The summed E-state index contributed by atoms with van der Waals surface area (Å²) < 4.78 is 13.4. The Morgan fingerprint density at radius 1 is 1.38 bits per heavy atom. The van der Waals surface area contributed by atoms with Gasteiger partial charge in [-0.2, -0.15) is 0 Å². The number of hydrogen-bond donors (Lipinski definition) is 1. The summed E-state index contributed by atoms with van der Waals surface area (Å²) in [6, 6.07) is 7.69. The molecule has 1 aromatic carbocycles. The zero-order valence-corrected chi connectivity index (χ0v) is 9.75. The van der Waals surface area contributed by atoms with Gasteiger partial charge in [0.1, 0.15) is 5.82 Å². The van der Waals surface area contributed by atoms with Gasteiger partial charge < -0.3 is 10.2 Å². The number of nitrogens with one attached hydrogen (secondary N) is 1. The molecule has 0 radical (unpaired) electrons. The number of anilines is 1. The first kappa shape index (κ1) is 11.4. The Kier molecular flexibility index (Phi) is 3.78. The normalized spacial score (nSPS) is 15.1. The lowest BCUT2D eigenvalue weighted by Crippen LogP contribution is -2.25. The van der Waals surface area contributed by atoms with Gasteiger partial charge in [0, 0.05) is 19.6 Å². The fourth-order valence-electron chi connectivity index (χ4n) is 1.79. The van der Waals surface area contributed by atoms with Crippen LogP contribution in [0.25, 0.3) is 0 Å². The number of hydrogen-bond acceptors (Lipinski definition) is 2. The summed E-state index contributed by atoms with van der Waals surface area (Å²) >= 11 is 0. The number of halogens is 1.